The summed E-state index contributed by atoms with van der Waals surface area (Å²) in [6, 6.07) is 3.95. The lowest BCUT2D eigenvalue weighted by Gasteiger charge is -2.27. The Morgan fingerprint density at radius 2 is 2.08 bits per heavy atom. The molecule has 1 rings (SSSR count). The predicted octanol–water partition coefficient (Wildman–Crippen LogP) is 3.87. The summed E-state index contributed by atoms with van der Waals surface area (Å²) in [4.78, 5) is 0. The fourth-order valence-corrected chi connectivity index (χ4v) is 1.99. The summed E-state index contributed by atoms with van der Waals surface area (Å²) < 4.78 is 5.34. The second-order valence-corrected chi connectivity index (χ2v) is 3.86. The highest BCUT2D eigenvalue weighted by atomic mass is 35.5. The van der Waals surface area contributed by atoms with E-state index in [0.717, 1.165) is 25.0 Å². The first-order valence-electron chi connectivity index (χ1n) is 4.84. The van der Waals surface area contributed by atoms with Crippen LogP contribution in [0.25, 0.3) is 0 Å². The van der Waals surface area contributed by atoms with Crippen LogP contribution < -0.4 is 0 Å². The summed E-state index contributed by atoms with van der Waals surface area (Å²) in [6.45, 7) is 4.38. The molecule has 0 unspecified atom stereocenters. The quantitative estimate of drug-likeness (QED) is 0.658. The molecule has 2 heteroatoms. The molecule has 1 aromatic heterocycles. The molecule has 0 saturated carbocycles. The second kappa shape index (κ2) is 4.71. The number of rotatable bonds is 5. The average molecular weight is 201 g/mol. The second-order valence-electron chi connectivity index (χ2n) is 3.60. The van der Waals surface area contributed by atoms with E-state index in [1.165, 1.54) is 0 Å². The van der Waals surface area contributed by atoms with E-state index in [-0.39, 0.29) is 5.41 Å². The highest BCUT2D eigenvalue weighted by Gasteiger charge is 2.26. The van der Waals surface area contributed by atoms with Crippen LogP contribution in [0, 0.1) is 5.41 Å². The van der Waals surface area contributed by atoms with Crippen molar-refractivity contribution in [3.63, 3.8) is 0 Å². The van der Waals surface area contributed by atoms with Gasteiger partial charge in [0, 0.05) is 12.3 Å². The Labute approximate surface area is 85.1 Å². The van der Waals surface area contributed by atoms with E-state index in [1.54, 1.807) is 6.26 Å². The minimum Gasteiger partial charge on any atom is -0.469 e. The Hall–Kier alpha value is -0.430. The largest absolute Gasteiger partial charge is 0.469 e. The lowest BCUT2D eigenvalue weighted by molar-refractivity contribution is 0.278. The van der Waals surface area contributed by atoms with Gasteiger partial charge in [0.15, 0.2) is 0 Å². The maximum atomic E-state index is 6.00. The summed E-state index contributed by atoms with van der Waals surface area (Å²) in [5.74, 6) is 1.75. The first kappa shape index (κ1) is 10.6. The van der Waals surface area contributed by atoms with Gasteiger partial charge in [0.2, 0.25) is 0 Å². The molecule has 1 heterocycles. The summed E-state index contributed by atoms with van der Waals surface area (Å²) in [7, 11) is 0. The van der Waals surface area contributed by atoms with Gasteiger partial charge in [-0.05, 0) is 30.4 Å². The van der Waals surface area contributed by atoms with Crippen molar-refractivity contribution in [1.82, 2.24) is 0 Å². The minimum atomic E-state index is 0.222. The maximum absolute atomic E-state index is 6.00. The van der Waals surface area contributed by atoms with Crippen LogP contribution in [0.1, 0.15) is 32.4 Å². The Bertz CT molecular complexity index is 216. The third-order valence-electron chi connectivity index (χ3n) is 2.91. The van der Waals surface area contributed by atoms with Crippen molar-refractivity contribution >= 4 is 11.6 Å². The number of halogens is 1. The van der Waals surface area contributed by atoms with Crippen LogP contribution in [0.2, 0.25) is 0 Å². The standard InChI is InChI=1S/C11H17ClO/c1-3-11(4-2,9-12)8-10-6-5-7-13-10/h5-7H,3-4,8-9H2,1-2H3. The van der Waals surface area contributed by atoms with E-state index in [0.29, 0.717) is 5.88 Å². The fourth-order valence-electron chi connectivity index (χ4n) is 1.52. The van der Waals surface area contributed by atoms with E-state index in [1.807, 2.05) is 12.1 Å². The van der Waals surface area contributed by atoms with Gasteiger partial charge in [-0.1, -0.05) is 13.8 Å². The molecule has 0 aliphatic heterocycles. The van der Waals surface area contributed by atoms with Crippen molar-refractivity contribution in [3.05, 3.63) is 24.2 Å². The first-order chi connectivity index (χ1) is 6.26. The van der Waals surface area contributed by atoms with Crippen LogP contribution in [0.4, 0.5) is 0 Å². The van der Waals surface area contributed by atoms with Crippen molar-refractivity contribution < 1.29 is 4.42 Å². The maximum Gasteiger partial charge on any atom is 0.104 e. The molecule has 1 aromatic rings. The van der Waals surface area contributed by atoms with E-state index < -0.39 is 0 Å². The highest BCUT2D eigenvalue weighted by Crippen LogP contribution is 2.32. The molecular formula is C11H17ClO. The van der Waals surface area contributed by atoms with Crippen LogP contribution in [0.5, 0.6) is 0 Å². The zero-order valence-corrected chi connectivity index (χ0v) is 9.10. The predicted molar refractivity (Wildman–Crippen MR) is 56.1 cm³/mol. The molecule has 0 N–H and O–H groups in total. The Morgan fingerprint density at radius 3 is 2.46 bits per heavy atom. The SMILES string of the molecule is CCC(CC)(CCl)Cc1ccco1. The summed E-state index contributed by atoms with van der Waals surface area (Å²) in [6.07, 6.45) is 4.89. The van der Waals surface area contributed by atoms with Crippen LogP contribution in [-0.2, 0) is 6.42 Å². The van der Waals surface area contributed by atoms with Gasteiger partial charge in [-0.15, -0.1) is 11.6 Å². The first-order valence-corrected chi connectivity index (χ1v) is 5.38. The number of hydrogen-bond acceptors (Lipinski definition) is 1. The van der Waals surface area contributed by atoms with Crippen LogP contribution in [0.3, 0.4) is 0 Å². The zero-order valence-electron chi connectivity index (χ0n) is 8.35. The van der Waals surface area contributed by atoms with Crippen LogP contribution >= 0.6 is 11.6 Å². The molecule has 0 atom stereocenters. The lowest BCUT2D eigenvalue weighted by atomic mass is 9.80. The Kier molecular flexibility index (Phi) is 3.86. The van der Waals surface area contributed by atoms with Gasteiger partial charge in [-0.25, -0.2) is 0 Å². The topological polar surface area (TPSA) is 13.1 Å². The van der Waals surface area contributed by atoms with E-state index in [2.05, 4.69) is 13.8 Å². The number of furan rings is 1. The van der Waals surface area contributed by atoms with Crippen molar-refractivity contribution in [3.8, 4) is 0 Å². The number of hydrogen-bond donors (Lipinski definition) is 0. The molecular weight excluding hydrogens is 184 g/mol. The summed E-state index contributed by atoms with van der Waals surface area (Å²) in [5.41, 5.74) is 0.222. The molecule has 0 fully saturated rings. The van der Waals surface area contributed by atoms with Crippen molar-refractivity contribution in [1.29, 1.82) is 0 Å². The third-order valence-corrected chi connectivity index (χ3v) is 3.48. The van der Waals surface area contributed by atoms with Gasteiger partial charge >= 0.3 is 0 Å². The molecule has 1 nitrogen and oxygen atoms in total. The summed E-state index contributed by atoms with van der Waals surface area (Å²) in [5, 5.41) is 0. The lowest BCUT2D eigenvalue weighted by Crippen LogP contribution is -2.23. The van der Waals surface area contributed by atoms with Gasteiger partial charge < -0.3 is 4.42 Å². The fraction of sp³-hybridized carbons (Fsp3) is 0.636. The minimum absolute atomic E-state index is 0.222. The molecule has 0 spiro atoms. The third kappa shape index (κ3) is 2.50. The molecule has 0 bridgehead atoms. The monoisotopic (exact) mass is 200 g/mol. The molecule has 0 amide bonds. The van der Waals surface area contributed by atoms with Crippen molar-refractivity contribution in [2.75, 3.05) is 5.88 Å². The van der Waals surface area contributed by atoms with E-state index in [4.69, 9.17) is 16.0 Å². The van der Waals surface area contributed by atoms with Gasteiger partial charge in [-0.2, -0.15) is 0 Å². The van der Waals surface area contributed by atoms with Gasteiger partial charge in [0.1, 0.15) is 5.76 Å². The summed E-state index contributed by atoms with van der Waals surface area (Å²) >= 11 is 6.00. The highest BCUT2D eigenvalue weighted by molar-refractivity contribution is 6.18. The van der Waals surface area contributed by atoms with E-state index >= 15 is 0 Å². The molecule has 0 aliphatic carbocycles. The molecule has 0 aromatic carbocycles. The Balaban J connectivity index is 2.67. The van der Waals surface area contributed by atoms with Crippen LogP contribution in [-0.4, -0.2) is 5.88 Å². The van der Waals surface area contributed by atoms with Gasteiger partial charge in [-0.3, -0.25) is 0 Å². The molecule has 0 radical (unpaired) electrons. The van der Waals surface area contributed by atoms with Gasteiger partial charge in [0.25, 0.3) is 0 Å². The molecule has 0 aliphatic rings. The van der Waals surface area contributed by atoms with Crippen molar-refractivity contribution in [2.45, 2.75) is 33.1 Å². The Morgan fingerprint density at radius 1 is 1.38 bits per heavy atom. The number of alkyl halides is 1. The van der Waals surface area contributed by atoms with Gasteiger partial charge in [0.05, 0.1) is 6.26 Å². The van der Waals surface area contributed by atoms with E-state index in [9.17, 15) is 0 Å². The smallest absolute Gasteiger partial charge is 0.104 e. The van der Waals surface area contributed by atoms with Crippen LogP contribution in [0.15, 0.2) is 22.8 Å². The molecule has 0 saturated heterocycles. The van der Waals surface area contributed by atoms with Crippen molar-refractivity contribution in [2.24, 2.45) is 5.41 Å². The zero-order chi connectivity index (χ0) is 9.73. The average Bonchev–Trinajstić information content (AvgIpc) is 2.67. The molecule has 13 heavy (non-hydrogen) atoms. The normalized spacial score (nSPS) is 11.9. The molecule has 74 valence electrons.